The molecule has 0 aromatic heterocycles. The Labute approximate surface area is 227 Å². The summed E-state index contributed by atoms with van der Waals surface area (Å²) in [5.74, 6) is 1.43. The molecule has 4 rings (SSSR count). The Balaban J connectivity index is 1.62. The second-order valence-electron chi connectivity index (χ2n) is 8.63. The summed E-state index contributed by atoms with van der Waals surface area (Å²) in [4.78, 5) is 12.7. The lowest BCUT2D eigenvalue weighted by Gasteiger charge is -2.27. The van der Waals surface area contributed by atoms with Crippen LogP contribution < -0.4 is 29.4 Å². The van der Waals surface area contributed by atoms with E-state index in [0.29, 0.717) is 53.9 Å². The minimum absolute atomic E-state index is 0.0159. The van der Waals surface area contributed by atoms with Gasteiger partial charge in [0.15, 0.2) is 11.5 Å². The number of hydrogen-bond donors (Lipinski definition) is 1. The number of allylic oxidation sites excluding steroid dienone is 1. The first kappa shape index (κ1) is 27.1. The first-order valence-electron chi connectivity index (χ1n) is 12.7. The lowest BCUT2D eigenvalue weighted by atomic mass is 9.83. The highest BCUT2D eigenvalue weighted by Crippen LogP contribution is 2.45. The summed E-state index contributed by atoms with van der Waals surface area (Å²) in [7, 11) is 0. The van der Waals surface area contributed by atoms with Gasteiger partial charge in [0, 0.05) is 11.6 Å². The summed E-state index contributed by atoms with van der Waals surface area (Å²) in [5.41, 5.74) is 8.29. The molecule has 8 heteroatoms. The summed E-state index contributed by atoms with van der Waals surface area (Å²) in [6.07, 6.45) is 2.50. The third-order valence-electron chi connectivity index (χ3n) is 5.92. The van der Waals surface area contributed by atoms with Gasteiger partial charge in [0.05, 0.1) is 24.7 Å². The highest BCUT2D eigenvalue weighted by atomic mass is 16.5. The zero-order valence-corrected chi connectivity index (χ0v) is 21.9. The molecule has 0 bridgehead atoms. The van der Waals surface area contributed by atoms with Crippen molar-refractivity contribution in [1.82, 2.24) is 0 Å². The minimum atomic E-state index is -0.539. The van der Waals surface area contributed by atoms with Crippen LogP contribution in [0.15, 0.2) is 84.8 Å². The van der Waals surface area contributed by atoms with Gasteiger partial charge in [-0.05, 0) is 61.4 Å². The molecular formula is C31H30N2O6. The van der Waals surface area contributed by atoms with Crippen LogP contribution in [-0.4, -0.2) is 25.8 Å². The molecule has 3 aromatic rings. The number of carbonyl (C=O) groups excluding carboxylic acids is 1. The van der Waals surface area contributed by atoms with Crippen molar-refractivity contribution in [2.24, 2.45) is 5.73 Å². The summed E-state index contributed by atoms with van der Waals surface area (Å²) in [6.45, 7) is 8.92. The highest BCUT2D eigenvalue weighted by molar-refractivity contribution is 5.91. The van der Waals surface area contributed by atoms with Crippen LogP contribution in [0.3, 0.4) is 0 Å². The van der Waals surface area contributed by atoms with E-state index < -0.39 is 11.9 Å². The van der Waals surface area contributed by atoms with Crippen LogP contribution in [0.5, 0.6) is 28.7 Å². The van der Waals surface area contributed by atoms with E-state index in [1.54, 1.807) is 48.5 Å². The topological polar surface area (TPSA) is 113 Å². The zero-order valence-electron chi connectivity index (χ0n) is 21.9. The molecule has 1 atom stereocenters. The number of nitrogens with zero attached hydrogens (tertiary/aromatic N) is 1. The van der Waals surface area contributed by atoms with Crippen LogP contribution in [0, 0.1) is 11.3 Å². The maximum absolute atomic E-state index is 12.7. The number of nitrogens with two attached hydrogens (primary N) is 1. The normalized spacial score (nSPS) is 13.9. The molecule has 0 aliphatic carbocycles. The fourth-order valence-corrected chi connectivity index (χ4v) is 4.15. The number of fused-ring (bicyclic) bond motifs is 1. The van der Waals surface area contributed by atoms with Crippen LogP contribution in [-0.2, 0) is 0 Å². The van der Waals surface area contributed by atoms with Gasteiger partial charge in [-0.2, -0.15) is 5.26 Å². The maximum atomic E-state index is 12.7. The lowest BCUT2D eigenvalue weighted by Crippen LogP contribution is -2.21. The number of hydrogen-bond acceptors (Lipinski definition) is 8. The van der Waals surface area contributed by atoms with Crippen molar-refractivity contribution in [2.75, 3.05) is 19.8 Å². The quantitative estimate of drug-likeness (QED) is 0.187. The van der Waals surface area contributed by atoms with E-state index in [9.17, 15) is 10.1 Å². The van der Waals surface area contributed by atoms with Crippen LogP contribution in [0.2, 0.25) is 0 Å². The number of ether oxygens (including phenoxy) is 5. The second kappa shape index (κ2) is 12.6. The summed E-state index contributed by atoms with van der Waals surface area (Å²) in [6, 6.07) is 19.4. The molecule has 1 aliphatic heterocycles. The third-order valence-corrected chi connectivity index (χ3v) is 5.92. The Morgan fingerprint density at radius 1 is 1.03 bits per heavy atom. The van der Waals surface area contributed by atoms with Gasteiger partial charge in [0.25, 0.3) is 0 Å². The average Bonchev–Trinajstić information content (AvgIpc) is 2.95. The van der Waals surface area contributed by atoms with E-state index in [1.165, 1.54) is 0 Å². The molecule has 200 valence electrons. The van der Waals surface area contributed by atoms with Gasteiger partial charge in [-0.25, -0.2) is 4.79 Å². The van der Waals surface area contributed by atoms with E-state index in [-0.39, 0.29) is 17.2 Å². The van der Waals surface area contributed by atoms with Crippen molar-refractivity contribution in [3.63, 3.8) is 0 Å². The second-order valence-corrected chi connectivity index (χ2v) is 8.63. The van der Waals surface area contributed by atoms with Gasteiger partial charge < -0.3 is 29.4 Å². The van der Waals surface area contributed by atoms with E-state index in [0.717, 1.165) is 12.0 Å². The molecule has 0 radical (unpaired) electrons. The van der Waals surface area contributed by atoms with Gasteiger partial charge in [0.1, 0.15) is 35.5 Å². The Bertz CT molecular complexity index is 1420. The lowest BCUT2D eigenvalue weighted by molar-refractivity contribution is 0.0734. The SMILES string of the molecule is C=CCOc1ccc(C(=O)Oc2ccc3c(c2)OC(N)=C(C#N)C3c2ccc(OCCC)c(OCC)c2)cc1. The molecule has 0 saturated carbocycles. The van der Waals surface area contributed by atoms with Crippen LogP contribution >= 0.6 is 0 Å². The third kappa shape index (κ3) is 6.16. The molecule has 0 fully saturated rings. The molecule has 1 aliphatic rings. The van der Waals surface area contributed by atoms with Gasteiger partial charge in [-0.15, -0.1) is 0 Å². The molecule has 39 heavy (non-hydrogen) atoms. The van der Waals surface area contributed by atoms with Crippen molar-refractivity contribution in [3.05, 3.63) is 101 Å². The first-order chi connectivity index (χ1) is 19.0. The van der Waals surface area contributed by atoms with Crippen molar-refractivity contribution in [2.45, 2.75) is 26.2 Å². The van der Waals surface area contributed by atoms with Gasteiger partial charge >= 0.3 is 5.97 Å². The van der Waals surface area contributed by atoms with Crippen molar-refractivity contribution >= 4 is 5.97 Å². The molecule has 3 aromatic carbocycles. The average molecular weight is 527 g/mol. The largest absolute Gasteiger partial charge is 0.490 e. The number of benzene rings is 3. The van der Waals surface area contributed by atoms with Crippen molar-refractivity contribution in [1.29, 1.82) is 5.26 Å². The summed E-state index contributed by atoms with van der Waals surface area (Å²) < 4.78 is 28.5. The summed E-state index contributed by atoms with van der Waals surface area (Å²) in [5, 5.41) is 9.92. The Morgan fingerprint density at radius 2 is 1.79 bits per heavy atom. The number of carbonyl (C=O) groups is 1. The van der Waals surface area contributed by atoms with E-state index in [1.807, 2.05) is 32.0 Å². The molecule has 0 saturated heterocycles. The predicted molar refractivity (Wildman–Crippen MR) is 146 cm³/mol. The van der Waals surface area contributed by atoms with Crippen molar-refractivity contribution < 1.29 is 28.5 Å². The first-order valence-corrected chi connectivity index (χ1v) is 12.7. The molecular weight excluding hydrogens is 496 g/mol. The molecule has 1 heterocycles. The number of rotatable bonds is 11. The minimum Gasteiger partial charge on any atom is -0.490 e. The van der Waals surface area contributed by atoms with Gasteiger partial charge in [0.2, 0.25) is 5.88 Å². The fourth-order valence-electron chi connectivity index (χ4n) is 4.15. The van der Waals surface area contributed by atoms with Gasteiger partial charge in [-0.1, -0.05) is 31.7 Å². The Hall–Kier alpha value is -4.90. The molecule has 8 nitrogen and oxygen atoms in total. The van der Waals surface area contributed by atoms with Gasteiger partial charge in [-0.3, -0.25) is 0 Å². The molecule has 0 spiro atoms. The monoisotopic (exact) mass is 526 g/mol. The van der Waals surface area contributed by atoms with E-state index in [2.05, 4.69) is 12.6 Å². The van der Waals surface area contributed by atoms with Crippen LogP contribution in [0.25, 0.3) is 0 Å². The van der Waals surface area contributed by atoms with Crippen molar-refractivity contribution in [3.8, 4) is 34.8 Å². The number of esters is 1. The molecule has 1 unspecified atom stereocenters. The standard InChI is InChI=1S/C31H30N2O6/c1-4-15-36-22-10-7-20(8-11-22)31(34)38-23-12-13-24-27(18-23)39-30(33)25(19-32)29(24)21-9-14-26(37-16-5-2)28(17-21)35-6-3/h4,7-14,17-18,29H,1,5-6,15-16,33H2,2-3H3. The predicted octanol–water partition coefficient (Wildman–Crippen LogP) is 5.88. The molecule has 2 N–H and O–H groups in total. The number of nitriles is 1. The van der Waals surface area contributed by atoms with E-state index >= 15 is 0 Å². The molecule has 0 amide bonds. The smallest absolute Gasteiger partial charge is 0.343 e. The van der Waals surface area contributed by atoms with Crippen LogP contribution in [0.1, 0.15) is 47.7 Å². The zero-order chi connectivity index (χ0) is 27.8. The fraction of sp³-hybridized carbons (Fsp3) is 0.226. The highest BCUT2D eigenvalue weighted by Gasteiger charge is 2.32. The Kier molecular flexibility index (Phi) is 8.75. The maximum Gasteiger partial charge on any atom is 0.343 e. The van der Waals surface area contributed by atoms with Crippen LogP contribution in [0.4, 0.5) is 0 Å². The summed E-state index contributed by atoms with van der Waals surface area (Å²) >= 11 is 0. The van der Waals surface area contributed by atoms with E-state index in [4.69, 9.17) is 29.4 Å². The Morgan fingerprint density at radius 3 is 2.49 bits per heavy atom.